The largest absolute Gasteiger partial charge is 0.322 e. The number of hydrogen-bond acceptors (Lipinski definition) is 3. The molecule has 0 saturated carbocycles. The van der Waals surface area contributed by atoms with Gasteiger partial charge in [-0.2, -0.15) is 5.10 Å². The van der Waals surface area contributed by atoms with Gasteiger partial charge in [0.15, 0.2) is 5.78 Å². The lowest BCUT2D eigenvalue weighted by atomic mass is 10.1. The number of Topliss-reactive ketones (excluding diaryl/α,β-unsaturated/α-hetero) is 1. The molecule has 3 aromatic rings. The first-order chi connectivity index (χ1) is 13.0. The molecule has 0 fully saturated rings. The average molecular weight is 359 g/mol. The molecule has 27 heavy (non-hydrogen) atoms. The highest BCUT2D eigenvalue weighted by atomic mass is 16.1. The smallest absolute Gasteiger partial charge is 0.248 e. The highest BCUT2D eigenvalue weighted by Crippen LogP contribution is 2.20. The van der Waals surface area contributed by atoms with E-state index in [1.807, 2.05) is 48.9 Å². The van der Waals surface area contributed by atoms with E-state index in [1.54, 1.807) is 30.3 Å². The Kier molecular flexibility index (Phi) is 5.31. The molecule has 5 heteroatoms. The van der Waals surface area contributed by atoms with Crippen LogP contribution in [0, 0.1) is 13.8 Å². The number of benzene rings is 2. The van der Waals surface area contributed by atoms with E-state index in [1.165, 1.54) is 13.0 Å². The Labute approximate surface area is 158 Å². The Hall–Kier alpha value is -3.47. The predicted octanol–water partition coefficient (Wildman–Crippen LogP) is 4.34. The van der Waals surface area contributed by atoms with Crippen LogP contribution in [0.1, 0.15) is 34.2 Å². The van der Waals surface area contributed by atoms with E-state index in [9.17, 15) is 9.59 Å². The molecule has 0 unspecified atom stereocenters. The van der Waals surface area contributed by atoms with Crippen molar-refractivity contribution in [3.63, 3.8) is 0 Å². The fourth-order valence-corrected chi connectivity index (χ4v) is 2.95. The van der Waals surface area contributed by atoms with Gasteiger partial charge in [0.2, 0.25) is 5.91 Å². The monoisotopic (exact) mass is 359 g/mol. The van der Waals surface area contributed by atoms with Gasteiger partial charge < -0.3 is 5.32 Å². The van der Waals surface area contributed by atoms with E-state index in [0.717, 1.165) is 22.6 Å². The second-order valence-electron chi connectivity index (χ2n) is 6.26. The second kappa shape index (κ2) is 7.83. The third-order valence-corrected chi connectivity index (χ3v) is 4.31. The van der Waals surface area contributed by atoms with E-state index in [2.05, 4.69) is 10.4 Å². The van der Waals surface area contributed by atoms with Crippen LogP contribution < -0.4 is 5.32 Å². The lowest BCUT2D eigenvalue weighted by Crippen LogP contribution is -2.11. The van der Waals surface area contributed by atoms with Crippen LogP contribution in [0.25, 0.3) is 11.8 Å². The number of aromatic nitrogens is 2. The first-order valence-corrected chi connectivity index (χ1v) is 8.68. The summed E-state index contributed by atoms with van der Waals surface area (Å²) in [4.78, 5) is 24.0. The molecule has 1 heterocycles. The van der Waals surface area contributed by atoms with Crippen LogP contribution in [0.4, 0.5) is 5.69 Å². The van der Waals surface area contributed by atoms with Gasteiger partial charge in [-0.25, -0.2) is 4.68 Å². The summed E-state index contributed by atoms with van der Waals surface area (Å²) in [5.41, 5.74) is 4.65. The van der Waals surface area contributed by atoms with Crippen molar-refractivity contribution >= 4 is 23.5 Å². The quantitative estimate of drug-likeness (QED) is 0.544. The topological polar surface area (TPSA) is 64.0 Å². The Morgan fingerprint density at radius 2 is 1.67 bits per heavy atom. The fraction of sp³-hybridized carbons (Fsp3) is 0.136. The maximum atomic E-state index is 12.3. The molecule has 0 spiro atoms. The average Bonchev–Trinajstić information content (AvgIpc) is 2.95. The van der Waals surface area contributed by atoms with Crippen molar-refractivity contribution in [1.82, 2.24) is 9.78 Å². The summed E-state index contributed by atoms with van der Waals surface area (Å²) in [6.07, 6.45) is 3.21. The molecule has 1 amide bonds. The van der Waals surface area contributed by atoms with Crippen molar-refractivity contribution in [3.05, 3.63) is 83.2 Å². The molecule has 0 radical (unpaired) electrons. The molecule has 0 aliphatic carbocycles. The molecule has 0 atom stereocenters. The van der Waals surface area contributed by atoms with Crippen molar-refractivity contribution < 1.29 is 9.59 Å². The molecule has 136 valence electrons. The van der Waals surface area contributed by atoms with Crippen molar-refractivity contribution in [2.24, 2.45) is 0 Å². The molecule has 0 aliphatic rings. The number of aryl methyl sites for hydroxylation is 1. The lowest BCUT2D eigenvalue weighted by Gasteiger charge is -2.06. The molecule has 1 N–H and O–H groups in total. The molecule has 0 aliphatic heterocycles. The van der Waals surface area contributed by atoms with Crippen molar-refractivity contribution in [2.75, 3.05) is 5.32 Å². The minimum atomic E-state index is -0.296. The summed E-state index contributed by atoms with van der Waals surface area (Å²) in [7, 11) is 0. The Morgan fingerprint density at radius 3 is 2.37 bits per heavy atom. The summed E-state index contributed by atoms with van der Waals surface area (Å²) in [5, 5.41) is 7.33. The van der Waals surface area contributed by atoms with E-state index in [0.29, 0.717) is 11.3 Å². The fourth-order valence-electron chi connectivity index (χ4n) is 2.95. The molecule has 0 saturated heterocycles. The molecule has 2 aromatic carbocycles. The highest BCUT2D eigenvalue weighted by Gasteiger charge is 2.11. The zero-order chi connectivity index (χ0) is 19.4. The van der Waals surface area contributed by atoms with Crippen LogP contribution in [0.2, 0.25) is 0 Å². The van der Waals surface area contributed by atoms with Crippen LogP contribution in [-0.2, 0) is 4.79 Å². The van der Waals surface area contributed by atoms with Crippen LogP contribution in [0.3, 0.4) is 0 Å². The third-order valence-electron chi connectivity index (χ3n) is 4.31. The number of para-hydroxylation sites is 2. The standard InChI is InChI=1S/C22H21N3O2/c1-15-19(16(2)25(24-15)18-9-5-4-6-10-18)13-14-22(27)23-21-12-8-7-11-20(21)17(3)26/h4-14H,1-3H3,(H,23,27)/b14-13+. The second-order valence-corrected chi connectivity index (χ2v) is 6.26. The van der Waals surface area contributed by atoms with Gasteiger partial charge in [0.05, 0.1) is 17.1 Å². The van der Waals surface area contributed by atoms with Gasteiger partial charge in [0, 0.05) is 22.9 Å². The van der Waals surface area contributed by atoms with E-state index < -0.39 is 0 Å². The molecule has 0 bridgehead atoms. The van der Waals surface area contributed by atoms with Gasteiger partial charge >= 0.3 is 0 Å². The lowest BCUT2D eigenvalue weighted by molar-refractivity contribution is -0.111. The van der Waals surface area contributed by atoms with Gasteiger partial charge in [0.25, 0.3) is 0 Å². The summed E-state index contributed by atoms with van der Waals surface area (Å²) < 4.78 is 1.86. The van der Waals surface area contributed by atoms with Gasteiger partial charge in [-0.15, -0.1) is 0 Å². The van der Waals surface area contributed by atoms with E-state index in [-0.39, 0.29) is 11.7 Å². The summed E-state index contributed by atoms with van der Waals surface area (Å²) in [6.45, 7) is 5.36. The number of carbonyl (C=O) groups is 2. The number of carbonyl (C=O) groups excluding carboxylic acids is 2. The first-order valence-electron chi connectivity index (χ1n) is 8.68. The van der Waals surface area contributed by atoms with E-state index in [4.69, 9.17) is 0 Å². The minimum Gasteiger partial charge on any atom is -0.322 e. The summed E-state index contributed by atoms with van der Waals surface area (Å²) in [6, 6.07) is 16.8. The molecular formula is C22H21N3O2. The number of amides is 1. The number of anilines is 1. The number of nitrogens with zero attached hydrogens (tertiary/aromatic N) is 2. The van der Waals surface area contributed by atoms with Crippen LogP contribution in [0.15, 0.2) is 60.7 Å². The Bertz CT molecular complexity index is 1020. The molecule has 5 nitrogen and oxygen atoms in total. The van der Waals surface area contributed by atoms with Gasteiger partial charge in [-0.1, -0.05) is 30.3 Å². The maximum absolute atomic E-state index is 12.3. The Balaban J connectivity index is 1.82. The number of rotatable bonds is 5. The van der Waals surface area contributed by atoms with Crippen molar-refractivity contribution in [1.29, 1.82) is 0 Å². The van der Waals surface area contributed by atoms with Gasteiger partial charge in [-0.3, -0.25) is 9.59 Å². The van der Waals surface area contributed by atoms with Crippen molar-refractivity contribution in [3.8, 4) is 5.69 Å². The van der Waals surface area contributed by atoms with Gasteiger partial charge in [0.1, 0.15) is 0 Å². The SMILES string of the molecule is CC(=O)c1ccccc1NC(=O)/C=C/c1c(C)nn(-c2ccccc2)c1C. The number of hydrogen-bond donors (Lipinski definition) is 1. The predicted molar refractivity (Wildman–Crippen MR) is 107 cm³/mol. The van der Waals surface area contributed by atoms with Crippen LogP contribution in [0.5, 0.6) is 0 Å². The number of nitrogens with one attached hydrogen (secondary N) is 1. The molecular weight excluding hydrogens is 338 g/mol. The molecule has 1 aromatic heterocycles. The third kappa shape index (κ3) is 4.03. The van der Waals surface area contributed by atoms with Gasteiger partial charge in [-0.05, 0) is 51.1 Å². The normalized spacial score (nSPS) is 10.9. The zero-order valence-electron chi connectivity index (χ0n) is 15.6. The summed E-state index contributed by atoms with van der Waals surface area (Å²) in [5.74, 6) is -0.388. The minimum absolute atomic E-state index is 0.0919. The van der Waals surface area contributed by atoms with Crippen molar-refractivity contribution in [2.45, 2.75) is 20.8 Å². The van der Waals surface area contributed by atoms with Crippen LogP contribution in [-0.4, -0.2) is 21.5 Å². The number of ketones is 1. The maximum Gasteiger partial charge on any atom is 0.248 e. The van der Waals surface area contributed by atoms with E-state index >= 15 is 0 Å². The van der Waals surface area contributed by atoms with Crippen LogP contribution >= 0.6 is 0 Å². The molecule has 3 rings (SSSR count). The highest BCUT2D eigenvalue weighted by molar-refractivity contribution is 6.07. The first kappa shape index (κ1) is 18.3. The summed E-state index contributed by atoms with van der Waals surface area (Å²) >= 11 is 0. The Morgan fingerprint density at radius 1 is 1.00 bits per heavy atom. The zero-order valence-corrected chi connectivity index (χ0v) is 15.6.